The molecule has 40 valence electrons. The Kier molecular flexibility index (Phi) is 1.47. The van der Waals surface area contributed by atoms with Crippen LogP contribution in [0.15, 0.2) is 12.7 Å². The van der Waals surface area contributed by atoms with Crippen molar-refractivity contribution in [2.24, 2.45) is 5.92 Å². The first-order chi connectivity index (χ1) is 3.43. The minimum absolute atomic E-state index is 0.789. The maximum Gasteiger partial charge on any atom is 0.0519 e. The molecule has 0 unspecified atom stereocenters. The quantitative estimate of drug-likeness (QED) is 0.472. The number of allylic oxidation sites excluding steroid dienone is 1. The Morgan fingerprint density at radius 3 is 2.57 bits per heavy atom. The second-order valence-electron chi connectivity index (χ2n) is 1.93. The molecule has 1 fully saturated rings. The summed E-state index contributed by atoms with van der Waals surface area (Å²) in [7, 11) is 0. The highest BCUT2D eigenvalue weighted by molar-refractivity contribution is 4.76. The summed E-state index contributed by atoms with van der Waals surface area (Å²) < 4.78 is 4.94. The highest BCUT2D eigenvalue weighted by atomic mass is 16.5. The third kappa shape index (κ3) is 1.03. The molecule has 1 rings (SSSR count). The number of rotatable bonds is 2. The van der Waals surface area contributed by atoms with Gasteiger partial charge in [-0.1, -0.05) is 6.08 Å². The van der Waals surface area contributed by atoms with Crippen molar-refractivity contribution in [1.82, 2.24) is 0 Å². The van der Waals surface area contributed by atoms with Gasteiger partial charge in [0.1, 0.15) is 0 Å². The van der Waals surface area contributed by atoms with E-state index in [1.54, 1.807) is 0 Å². The van der Waals surface area contributed by atoms with Crippen molar-refractivity contribution in [2.45, 2.75) is 6.42 Å². The lowest BCUT2D eigenvalue weighted by Crippen LogP contribution is -2.26. The fraction of sp³-hybridized carbons (Fsp3) is 0.667. The highest BCUT2D eigenvalue weighted by Crippen LogP contribution is 2.13. The van der Waals surface area contributed by atoms with Gasteiger partial charge >= 0.3 is 0 Å². The van der Waals surface area contributed by atoms with E-state index in [-0.39, 0.29) is 0 Å². The van der Waals surface area contributed by atoms with Crippen LogP contribution in [0, 0.1) is 5.92 Å². The maximum absolute atomic E-state index is 4.94. The van der Waals surface area contributed by atoms with Gasteiger partial charge in [-0.25, -0.2) is 0 Å². The Bertz CT molecular complexity index is 64.6. The summed E-state index contributed by atoms with van der Waals surface area (Å²) in [4.78, 5) is 0. The lowest BCUT2D eigenvalue weighted by Gasteiger charge is -2.24. The third-order valence-electron chi connectivity index (χ3n) is 1.21. The Hall–Kier alpha value is -0.300. The van der Waals surface area contributed by atoms with Crippen LogP contribution in [-0.4, -0.2) is 13.2 Å². The van der Waals surface area contributed by atoms with Gasteiger partial charge in [-0.15, -0.1) is 6.58 Å². The van der Waals surface area contributed by atoms with Crippen LogP contribution >= 0.6 is 0 Å². The topological polar surface area (TPSA) is 9.23 Å². The summed E-state index contributed by atoms with van der Waals surface area (Å²) in [5.74, 6) is 0.789. The average molecular weight is 98.1 g/mol. The average Bonchev–Trinajstić information content (AvgIpc) is 1.55. The van der Waals surface area contributed by atoms with Crippen molar-refractivity contribution < 1.29 is 4.74 Å². The van der Waals surface area contributed by atoms with Gasteiger partial charge in [0.05, 0.1) is 13.2 Å². The zero-order valence-electron chi connectivity index (χ0n) is 4.39. The van der Waals surface area contributed by atoms with Gasteiger partial charge in [0, 0.05) is 5.92 Å². The molecule has 0 spiro atoms. The van der Waals surface area contributed by atoms with Gasteiger partial charge in [0.15, 0.2) is 0 Å². The van der Waals surface area contributed by atoms with Crippen LogP contribution in [0.4, 0.5) is 0 Å². The van der Waals surface area contributed by atoms with Gasteiger partial charge in [0.25, 0.3) is 0 Å². The Labute approximate surface area is 44.0 Å². The van der Waals surface area contributed by atoms with Crippen molar-refractivity contribution >= 4 is 0 Å². The Balaban J connectivity index is 2.03. The Morgan fingerprint density at radius 2 is 2.43 bits per heavy atom. The van der Waals surface area contributed by atoms with E-state index in [4.69, 9.17) is 4.74 Å². The summed E-state index contributed by atoms with van der Waals surface area (Å²) in [6.45, 7) is 5.53. The first-order valence-electron chi connectivity index (χ1n) is 2.62. The van der Waals surface area contributed by atoms with Gasteiger partial charge < -0.3 is 4.74 Å². The molecule has 1 heteroatoms. The molecule has 0 aromatic heterocycles. The van der Waals surface area contributed by atoms with E-state index in [9.17, 15) is 0 Å². The van der Waals surface area contributed by atoms with Crippen LogP contribution in [0.5, 0.6) is 0 Å². The molecular weight excluding hydrogens is 88.1 g/mol. The lowest BCUT2D eigenvalue weighted by atomic mass is 10.1. The van der Waals surface area contributed by atoms with E-state index < -0.39 is 0 Å². The predicted octanol–water partition coefficient (Wildman–Crippen LogP) is 1.21. The van der Waals surface area contributed by atoms with Crippen molar-refractivity contribution in [2.75, 3.05) is 13.2 Å². The van der Waals surface area contributed by atoms with Crippen molar-refractivity contribution in [3.63, 3.8) is 0 Å². The summed E-state index contributed by atoms with van der Waals surface area (Å²) in [6, 6.07) is 0. The monoisotopic (exact) mass is 98.1 g/mol. The van der Waals surface area contributed by atoms with Crippen LogP contribution in [0.25, 0.3) is 0 Å². The van der Waals surface area contributed by atoms with Gasteiger partial charge in [0.2, 0.25) is 0 Å². The normalized spacial score (nSPS) is 21.1. The maximum atomic E-state index is 4.94. The standard InChI is InChI=1S/C6H10O/c1-2-3-6-4-7-5-6/h2,6H,1,3-5H2. The molecule has 0 radical (unpaired) electrons. The van der Waals surface area contributed by atoms with Crippen molar-refractivity contribution in [3.05, 3.63) is 12.7 Å². The molecule has 1 aliphatic rings. The SMILES string of the molecule is C=CCC1COC1. The van der Waals surface area contributed by atoms with Crippen LogP contribution in [0.1, 0.15) is 6.42 Å². The lowest BCUT2D eigenvalue weighted by molar-refractivity contribution is -0.0299. The second kappa shape index (κ2) is 2.12. The summed E-state index contributed by atoms with van der Waals surface area (Å²) >= 11 is 0. The number of ether oxygens (including phenoxy) is 1. The summed E-state index contributed by atoms with van der Waals surface area (Å²) in [5.41, 5.74) is 0. The molecule has 0 saturated carbocycles. The smallest absolute Gasteiger partial charge is 0.0519 e. The molecule has 0 aromatic rings. The number of hydrogen-bond acceptors (Lipinski definition) is 1. The van der Waals surface area contributed by atoms with Gasteiger partial charge in [-0.2, -0.15) is 0 Å². The van der Waals surface area contributed by atoms with Crippen LogP contribution in [0.3, 0.4) is 0 Å². The molecule has 0 N–H and O–H groups in total. The van der Waals surface area contributed by atoms with Crippen molar-refractivity contribution in [1.29, 1.82) is 0 Å². The fourth-order valence-electron chi connectivity index (χ4n) is 0.656. The zero-order valence-corrected chi connectivity index (χ0v) is 4.39. The largest absolute Gasteiger partial charge is 0.381 e. The molecule has 0 aliphatic carbocycles. The minimum Gasteiger partial charge on any atom is -0.381 e. The highest BCUT2D eigenvalue weighted by Gasteiger charge is 2.15. The first-order valence-corrected chi connectivity index (χ1v) is 2.62. The summed E-state index contributed by atoms with van der Waals surface area (Å²) in [5, 5.41) is 0. The van der Waals surface area contributed by atoms with Crippen molar-refractivity contribution in [3.8, 4) is 0 Å². The predicted molar refractivity (Wildman–Crippen MR) is 29.1 cm³/mol. The molecule has 7 heavy (non-hydrogen) atoms. The third-order valence-corrected chi connectivity index (χ3v) is 1.21. The number of hydrogen-bond donors (Lipinski definition) is 0. The second-order valence-corrected chi connectivity index (χ2v) is 1.93. The first kappa shape index (κ1) is 4.85. The van der Waals surface area contributed by atoms with Gasteiger partial charge in [-0.3, -0.25) is 0 Å². The molecule has 1 saturated heterocycles. The van der Waals surface area contributed by atoms with E-state index in [1.807, 2.05) is 6.08 Å². The zero-order chi connectivity index (χ0) is 5.11. The minimum atomic E-state index is 0.789. The summed E-state index contributed by atoms with van der Waals surface area (Å²) in [6.07, 6.45) is 3.08. The van der Waals surface area contributed by atoms with Gasteiger partial charge in [-0.05, 0) is 6.42 Å². The molecule has 1 heterocycles. The molecular formula is C6H10O. The van der Waals surface area contributed by atoms with E-state index >= 15 is 0 Å². The Morgan fingerprint density at radius 1 is 1.71 bits per heavy atom. The van der Waals surface area contributed by atoms with E-state index in [2.05, 4.69) is 6.58 Å². The van der Waals surface area contributed by atoms with E-state index in [0.29, 0.717) is 0 Å². The molecule has 0 atom stereocenters. The molecule has 1 nitrogen and oxygen atoms in total. The van der Waals surface area contributed by atoms with E-state index in [0.717, 1.165) is 25.6 Å². The van der Waals surface area contributed by atoms with Crippen LogP contribution < -0.4 is 0 Å². The van der Waals surface area contributed by atoms with Crippen LogP contribution in [-0.2, 0) is 4.74 Å². The van der Waals surface area contributed by atoms with E-state index in [1.165, 1.54) is 0 Å². The molecule has 0 aromatic carbocycles. The molecule has 0 amide bonds. The molecule has 0 bridgehead atoms. The fourth-order valence-corrected chi connectivity index (χ4v) is 0.656. The van der Waals surface area contributed by atoms with Crippen LogP contribution in [0.2, 0.25) is 0 Å². The molecule has 1 aliphatic heterocycles.